The van der Waals surface area contributed by atoms with Crippen LogP contribution in [-0.2, 0) is 9.59 Å². The van der Waals surface area contributed by atoms with Crippen molar-refractivity contribution in [2.75, 3.05) is 13.2 Å². The van der Waals surface area contributed by atoms with Gasteiger partial charge in [-0.1, -0.05) is 6.92 Å². The van der Waals surface area contributed by atoms with Gasteiger partial charge in [0.1, 0.15) is 0 Å². The van der Waals surface area contributed by atoms with Crippen LogP contribution < -0.4 is 5.32 Å². The summed E-state index contributed by atoms with van der Waals surface area (Å²) in [6, 6.07) is 0.419. The summed E-state index contributed by atoms with van der Waals surface area (Å²) in [5.74, 6) is -0.120. The summed E-state index contributed by atoms with van der Waals surface area (Å²) in [4.78, 5) is 25.7. The van der Waals surface area contributed by atoms with Gasteiger partial charge in [-0.2, -0.15) is 0 Å². The molecular formula is C13H22N2O3. The maximum atomic E-state index is 12.1. The number of carbonyl (C=O) groups excluding carboxylic acids is 2. The van der Waals surface area contributed by atoms with Gasteiger partial charge in [0.05, 0.1) is 5.92 Å². The van der Waals surface area contributed by atoms with E-state index in [1.807, 2.05) is 11.8 Å². The topological polar surface area (TPSA) is 69.6 Å². The minimum absolute atomic E-state index is 0.0209. The van der Waals surface area contributed by atoms with E-state index < -0.39 is 0 Å². The Hall–Kier alpha value is -1.10. The van der Waals surface area contributed by atoms with Gasteiger partial charge >= 0.3 is 0 Å². The number of carbonyl (C=O) groups is 2. The van der Waals surface area contributed by atoms with Crippen molar-refractivity contribution in [3.63, 3.8) is 0 Å². The molecule has 1 saturated heterocycles. The number of aliphatic hydroxyl groups is 1. The summed E-state index contributed by atoms with van der Waals surface area (Å²) >= 11 is 0. The van der Waals surface area contributed by atoms with Gasteiger partial charge in [0, 0.05) is 31.7 Å². The Labute approximate surface area is 108 Å². The number of hydrogen-bond acceptors (Lipinski definition) is 3. The third kappa shape index (κ3) is 3.02. The zero-order valence-corrected chi connectivity index (χ0v) is 10.9. The maximum absolute atomic E-state index is 12.1. The fourth-order valence-electron chi connectivity index (χ4n) is 2.50. The largest absolute Gasteiger partial charge is 0.396 e. The lowest BCUT2D eigenvalue weighted by Crippen LogP contribution is -2.40. The molecule has 2 aliphatic rings. The summed E-state index contributed by atoms with van der Waals surface area (Å²) in [7, 11) is 0. The summed E-state index contributed by atoms with van der Waals surface area (Å²) in [5.41, 5.74) is 0. The number of nitrogens with one attached hydrogen (secondary N) is 1. The van der Waals surface area contributed by atoms with Crippen LogP contribution in [0.3, 0.4) is 0 Å². The van der Waals surface area contributed by atoms with Gasteiger partial charge in [-0.3, -0.25) is 9.59 Å². The van der Waals surface area contributed by atoms with Crippen molar-refractivity contribution >= 4 is 11.8 Å². The van der Waals surface area contributed by atoms with E-state index >= 15 is 0 Å². The highest BCUT2D eigenvalue weighted by molar-refractivity contribution is 5.89. The molecule has 0 radical (unpaired) electrons. The zero-order chi connectivity index (χ0) is 13.1. The second-order valence-corrected chi connectivity index (χ2v) is 5.30. The minimum Gasteiger partial charge on any atom is -0.396 e. The van der Waals surface area contributed by atoms with Crippen molar-refractivity contribution in [2.45, 2.75) is 51.1 Å². The highest BCUT2D eigenvalue weighted by Crippen LogP contribution is 2.32. The molecule has 18 heavy (non-hydrogen) atoms. The van der Waals surface area contributed by atoms with E-state index in [1.165, 1.54) is 0 Å². The molecule has 2 N–H and O–H groups in total. The lowest BCUT2D eigenvalue weighted by molar-refractivity contribution is -0.129. The molecule has 2 fully saturated rings. The first-order chi connectivity index (χ1) is 8.65. The average Bonchev–Trinajstić information content (AvgIpc) is 3.12. The molecule has 2 amide bonds. The normalized spacial score (nSPS) is 25.3. The van der Waals surface area contributed by atoms with Crippen LogP contribution in [0.5, 0.6) is 0 Å². The first-order valence-electron chi connectivity index (χ1n) is 6.86. The summed E-state index contributed by atoms with van der Waals surface area (Å²) in [6.45, 7) is 2.64. The lowest BCUT2D eigenvalue weighted by Gasteiger charge is -2.19. The molecule has 1 saturated carbocycles. The predicted octanol–water partition coefficient (Wildman–Crippen LogP) is 0.274. The summed E-state index contributed by atoms with van der Waals surface area (Å²) in [6.07, 6.45) is 3.90. The SMILES string of the molecule is CCC(CCO)NC(=O)C1CC(=O)N(C2CC2)C1. The quantitative estimate of drug-likeness (QED) is 0.715. The van der Waals surface area contributed by atoms with Gasteiger partial charge < -0.3 is 15.3 Å². The summed E-state index contributed by atoms with van der Waals surface area (Å²) in [5, 5.41) is 11.8. The van der Waals surface area contributed by atoms with Crippen LogP contribution in [0.15, 0.2) is 0 Å². The van der Waals surface area contributed by atoms with E-state index in [0.717, 1.165) is 19.3 Å². The molecule has 0 aromatic heterocycles. The molecule has 5 heteroatoms. The van der Waals surface area contributed by atoms with Crippen LogP contribution in [0.25, 0.3) is 0 Å². The molecule has 0 aromatic carbocycles. The van der Waals surface area contributed by atoms with Crippen LogP contribution in [0, 0.1) is 5.92 Å². The van der Waals surface area contributed by atoms with Crippen LogP contribution in [0.2, 0.25) is 0 Å². The minimum atomic E-state index is -0.203. The van der Waals surface area contributed by atoms with Crippen molar-refractivity contribution in [3.05, 3.63) is 0 Å². The van der Waals surface area contributed by atoms with E-state index in [0.29, 0.717) is 25.4 Å². The van der Waals surface area contributed by atoms with Gasteiger partial charge in [-0.25, -0.2) is 0 Å². The van der Waals surface area contributed by atoms with Gasteiger partial charge in [-0.15, -0.1) is 0 Å². The highest BCUT2D eigenvalue weighted by atomic mass is 16.3. The summed E-state index contributed by atoms with van der Waals surface area (Å²) < 4.78 is 0. The van der Waals surface area contributed by atoms with Gasteiger partial charge in [-0.05, 0) is 25.7 Å². The molecule has 1 heterocycles. The predicted molar refractivity (Wildman–Crippen MR) is 66.8 cm³/mol. The monoisotopic (exact) mass is 254 g/mol. The Balaban J connectivity index is 1.84. The standard InChI is InChI=1S/C13H22N2O3/c1-2-10(5-6-16)14-13(18)9-7-12(17)15(8-9)11-3-4-11/h9-11,16H,2-8H2,1H3,(H,14,18). The molecule has 0 aromatic rings. The first kappa shape index (κ1) is 13.3. The highest BCUT2D eigenvalue weighted by Gasteiger charge is 2.41. The Bertz CT molecular complexity index is 328. The van der Waals surface area contributed by atoms with Crippen LogP contribution in [0.4, 0.5) is 0 Å². The molecule has 0 spiro atoms. The molecule has 1 aliphatic carbocycles. The van der Waals surface area contributed by atoms with Gasteiger partial charge in [0.2, 0.25) is 11.8 Å². The molecule has 2 atom stereocenters. The van der Waals surface area contributed by atoms with E-state index in [9.17, 15) is 9.59 Å². The zero-order valence-electron chi connectivity index (χ0n) is 10.9. The number of rotatable bonds is 6. The molecular weight excluding hydrogens is 232 g/mol. The molecule has 2 unspecified atom stereocenters. The van der Waals surface area contributed by atoms with Crippen molar-refractivity contribution in [1.29, 1.82) is 0 Å². The van der Waals surface area contributed by atoms with Gasteiger partial charge in [0.15, 0.2) is 0 Å². The fourth-order valence-corrected chi connectivity index (χ4v) is 2.50. The smallest absolute Gasteiger partial charge is 0.225 e. The van der Waals surface area contributed by atoms with Crippen molar-refractivity contribution in [3.8, 4) is 0 Å². The second-order valence-electron chi connectivity index (χ2n) is 5.30. The van der Waals surface area contributed by atoms with Crippen LogP contribution in [0.1, 0.15) is 39.0 Å². The number of nitrogens with zero attached hydrogens (tertiary/aromatic N) is 1. The Morgan fingerprint density at radius 2 is 2.28 bits per heavy atom. The van der Waals surface area contributed by atoms with E-state index in [1.54, 1.807) is 0 Å². The number of likely N-dealkylation sites (tertiary alicyclic amines) is 1. The van der Waals surface area contributed by atoms with Gasteiger partial charge in [0.25, 0.3) is 0 Å². The Kier molecular flexibility index (Phi) is 4.22. The average molecular weight is 254 g/mol. The van der Waals surface area contributed by atoms with Crippen LogP contribution >= 0.6 is 0 Å². The Morgan fingerprint density at radius 3 is 2.83 bits per heavy atom. The number of aliphatic hydroxyl groups excluding tert-OH is 1. The maximum Gasteiger partial charge on any atom is 0.225 e. The third-order valence-electron chi connectivity index (χ3n) is 3.83. The number of amides is 2. The molecule has 2 rings (SSSR count). The number of hydrogen-bond donors (Lipinski definition) is 2. The van der Waals surface area contributed by atoms with E-state index in [-0.39, 0.29) is 30.4 Å². The molecule has 0 bridgehead atoms. The van der Waals surface area contributed by atoms with E-state index in [2.05, 4.69) is 5.32 Å². The van der Waals surface area contributed by atoms with Crippen molar-refractivity contribution in [1.82, 2.24) is 10.2 Å². The Morgan fingerprint density at radius 1 is 1.56 bits per heavy atom. The van der Waals surface area contributed by atoms with Crippen molar-refractivity contribution < 1.29 is 14.7 Å². The van der Waals surface area contributed by atoms with Crippen molar-refractivity contribution in [2.24, 2.45) is 5.92 Å². The third-order valence-corrected chi connectivity index (χ3v) is 3.83. The lowest BCUT2D eigenvalue weighted by atomic mass is 10.1. The fraction of sp³-hybridized carbons (Fsp3) is 0.846. The van der Waals surface area contributed by atoms with E-state index in [4.69, 9.17) is 5.11 Å². The van der Waals surface area contributed by atoms with Crippen LogP contribution in [-0.4, -0.2) is 47.1 Å². The molecule has 1 aliphatic heterocycles. The second kappa shape index (κ2) is 5.69. The first-order valence-corrected chi connectivity index (χ1v) is 6.86. The molecule has 5 nitrogen and oxygen atoms in total. The molecule has 102 valence electrons.